The molecule has 0 aromatic rings. The molecule has 1 spiro atoms. The van der Waals surface area contributed by atoms with Crippen LogP contribution < -0.4 is 0 Å². The largest absolute Gasteiger partial charge is 0.0530 e. The van der Waals surface area contributed by atoms with Crippen LogP contribution in [0.3, 0.4) is 0 Å². The number of hydrogen-bond donors (Lipinski definition) is 0. The van der Waals surface area contributed by atoms with Gasteiger partial charge in [0.25, 0.3) is 0 Å². The Kier molecular flexibility index (Phi) is 7.07. The van der Waals surface area contributed by atoms with Crippen molar-refractivity contribution >= 4 is 0 Å². The van der Waals surface area contributed by atoms with Crippen molar-refractivity contribution in [3.8, 4) is 0 Å². The summed E-state index contributed by atoms with van der Waals surface area (Å²) in [5.74, 6) is 30.5. The molecule has 0 N–H and O–H groups in total. The minimum atomic E-state index is 0.805. The topological polar surface area (TPSA) is 0 Å². The summed E-state index contributed by atoms with van der Waals surface area (Å²) in [7, 11) is 0. The minimum absolute atomic E-state index is 0.805. The first kappa shape index (κ1) is 32.8. The van der Waals surface area contributed by atoms with Gasteiger partial charge in [0.1, 0.15) is 0 Å². The highest BCUT2D eigenvalue weighted by molar-refractivity contribution is 5.27. The maximum atomic E-state index is 1.75. The Morgan fingerprint density at radius 2 is 0.648 bits per heavy atom. The highest BCUT2D eigenvalue weighted by atomic mass is 14.8. The third kappa shape index (κ3) is 3.91. The predicted molar refractivity (Wildman–Crippen MR) is 218 cm³/mol. The molecule has 0 saturated heterocycles. The van der Waals surface area contributed by atoms with Crippen molar-refractivity contribution < 1.29 is 0 Å². The molecular weight excluding hydrogens is 649 g/mol. The SMILES string of the molecule is C1CCC2C(C1)CC1CC3C(CC12)C1C2CCCCC2C24C5CCCCC5C5C6CC7C(CC8CCCCC87)CC6C6CCC(CC7CCC3C1C72)C4C65. The fourth-order valence-electron chi connectivity index (χ4n) is 26.1. The van der Waals surface area contributed by atoms with Crippen molar-refractivity contribution in [2.24, 2.45) is 159 Å². The van der Waals surface area contributed by atoms with Gasteiger partial charge in [-0.15, -0.1) is 0 Å². The first-order valence-electron chi connectivity index (χ1n) is 26.8. The van der Waals surface area contributed by atoms with Crippen LogP contribution in [0.4, 0.5) is 0 Å². The van der Waals surface area contributed by atoms with Gasteiger partial charge in [0, 0.05) is 0 Å². The molecule has 15 aliphatic rings. The Hall–Kier alpha value is 0. The lowest BCUT2D eigenvalue weighted by molar-refractivity contribution is -0.300. The summed E-state index contributed by atoms with van der Waals surface area (Å²) >= 11 is 0. The molecule has 54 heavy (non-hydrogen) atoms. The van der Waals surface area contributed by atoms with E-state index in [0.717, 1.165) is 40.9 Å². The van der Waals surface area contributed by atoms with Gasteiger partial charge in [0.2, 0.25) is 0 Å². The Bertz CT molecular complexity index is 1400. The zero-order valence-electron chi connectivity index (χ0n) is 34.6. The van der Waals surface area contributed by atoms with E-state index < -0.39 is 0 Å². The Morgan fingerprint density at radius 3 is 1.15 bits per heavy atom. The second-order valence-electron chi connectivity index (χ2n) is 26.0. The van der Waals surface area contributed by atoms with Crippen LogP contribution in [0, 0.1) is 159 Å². The van der Waals surface area contributed by atoms with Crippen LogP contribution in [0.15, 0.2) is 0 Å². The first-order chi connectivity index (χ1) is 26.8. The molecule has 26 unspecified atom stereocenters. The molecule has 0 heterocycles. The number of fused-ring (bicyclic) bond motifs is 16. The zero-order valence-corrected chi connectivity index (χ0v) is 34.6. The third-order valence-corrected chi connectivity index (χ3v) is 26.0. The lowest BCUT2D eigenvalue weighted by Gasteiger charge is -2.77. The van der Waals surface area contributed by atoms with Crippen LogP contribution in [-0.2, 0) is 0 Å². The average molecular weight is 729 g/mol. The van der Waals surface area contributed by atoms with E-state index in [2.05, 4.69) is 0 Å². The van der Waals surface area contributed by atoms with Crippen LogP contribution in [0.5, 0.6) is 0 Å². The second kappa shape index (κ2) is 11.6. The molecule has 15 rings (SSSR count). The summed E-state index contributed by atoms with van der Waals surface area (Å²) in [6.07, 6.45) is 45.1. The molecule has 0 nitrogen and oxygen atoms in total. The van der Waals surface area contributed by atoms with Crippen molar-refractivity contribution in [3.05, 3.63) is 0 Å². The van der Waals surface area contributed by atoms with E-state index in [1.807, 2.05) is 0 Å². The van der Waals surface area contributed by atoms with Crippen LogP contribution in [0.25, 0.3) is 0 Å². The van der Waals surface area contributed by atoms with Crippen molar-refractivity contribution in [1.29, 1.82) is 0 Å². The van der Waals surface area contributed by atoms with Crippen LogP contribution in [0.2, 0.25) is 0 Å². The minimum Gasteiger partial charge on any atom is -0.0530 e. The monoisotopic (exact) mass is 729 g/mol. The van der Waals surface area contributed by atoms with E-state index in [1.54, 1.807) is 173 Å². The van der Waals surface area contributed by atoms with Crippen molar-refractivity contribution in [1.82, 2.24) is 0 Å². The molecule has 26 atom stereocenters. The summed E-state index contributed by atoms with van der Waals surface area (Å²) in [6.45, 7) is 0. The molecule has 0 radical (unpaired) electrons. The van der Waals surface area contributed by atoms with Crippen LogP contribution in [-0.4, -0.2) is 0 Å². The second-order valence-corrected chi connectivity index (χ2v) is 26.0. The van der Waals surface area contributed by atoms with E-state index in [0.29, 0.717) is 0 Å². The highest BCUT2D eigenvalue weighted by Crippen LogP contribution is 2.85. The summed E-state index contributed by atoms with van der Waals surface area (Å²) in [5.41, 5.74) is 0.805. The lowest BCUT2D eigenvalue weighted by Crippen LogP contribution is -2.72. The molecule has 15 fully saturated rings. The summed E-state index contributed by atoms with van der Waals surface area (Å²) in [6, 6.07) is 0. The van der Waals surface area contributed by atoms with Crippen molar-refractivity contribution in [3.63, 3.8) is 0 Å². The molecule has 15 aliphatic carbocycles. The average Bonchev–Trinajstić information content (AvgIpc) is 3.96. The van der Waals surface area contributed by atoms with Gasteiger partial charge in [0.05, 0.1) is 0 Å². The number of rotatable bonds is 0. The molecule has 0 bridgehead atoms. The summed E-state index contributed by atoms with van der Waals surface area (Å²) in [5, 5.41) is 0. The smallest absolute Gasteiger partial charge is 0.0168 e. The predicted octanol–water partition coefficient (Wildman–Crippen LogP) is 13.7. The fraction of sp³-hybridized carbons (Fsp3) is 1.00. The molecular formula is C54H80. The Morgan fingerprint density at radius 1 is 0.222 bits per heavy atom. The van der Waals surface area contributed by atoms with Gasteiger partial charge < -0.3 is 0 Å². The Balaban J connectivity index is 0.858. The first-order valence-corrected chi connectivity index (χ1v) is 26.8. The van der Waals surface area contributed by atoms with Gasteiger partial charge in [-0.2, -0.15) is 0 Å². The molecule has 0 aromatic carbocycles. The van der Waals surface area contributed by atoms with Crippen molar-refractivity contribution in [2.45, 2.75) is 173 Å². The standard InChI is InChI=1S/C54H80/c1-3-11-34-28(9-1)21-32-24-42-36-19-17-30-23-31-18-20-37-43-25-33-22-29-10-2-4-12-35(29)41(33)27-45(43)49-39-14-6-8-16-47(39)54(53(31)51(37)49)46-15-7-5-13-38(46)48(50(36)52(30)54)44(42)26-40(32)34/h28-53H,1-27H2. The normalized spacial score (nSPS) is 67.6. The van der Waals surface area contributed by atoms with Gasteiger partial charge in [-0.05, 0) is 268 Å². The third-order valence-electron chi connectivity index (χ3n) is 26.0. The van der Waals surface area contributed by atoms with Gasteiger partial charge in [0.15, 0.2) is 0 Å². The molecule has 0 aromatic heterocycles. The van der Waals surface area contributed by atoms with E-state index in [1.165, 1.54) is 118 Å². The number of hydrogen-bond acceptors (Lipinski definition) is 0. The molecule has 15 saturated carbocycles. The maximum absolute atomic E-state index is 1.75. The summed E-state index contributed by atoms with van der Waals surface area (Å²) < 4.78 is 0. The van der Waals surface area contributed by atoms with Crippen molar-refractivity contribution in [2.75, 3.05) is 0 Å². The Labute approximate surface area is 331 Å². The summed E-state index contributed by atoms with van der Waals surface area (Å²) in [4.78, 5) is 0. The van der Waals surface area contributed by atoms with E-state index in [4.69, 9.17) is 0 Å². The van der Waals surface area contributed by atoms with Gasteiger partial charge in [-0.25, -0.2) is 0 Å². The molecule has 0 heteroatoms. The van der Waals surface area contributed by atoms with Crippen LogP contribution in [0.1, 0.15) is 173 Å². The fourth-order valence-corrected chi connectivity index (χ4v) is 26.1. The van der Waals surface area contributed by atoms with E-state index in [9.17, 15) is 0 Å². The molecule has 0 amide bonds. The van der Waals surface area contributed by atoms with Crippen LogP contribution >= 0.6 is 0 Å². The van der Waals surface area contributed by atoms with Gasteiger partial charge >= 0.3 is 0 Å². The quantitative estimate of drug-likeness (QED) is 0.233. The van der Waals surface area contributed by atoms with E-state index >= 15 is 0 Å². The zero-order chi connectivity index (χ0) is 34.6. The van der Waals surface area contributed by atoms with E-state index in [-0.39, 0.29) is 0 Å². The maximum Gasteiger partial charge on any atom is -0.0168 e. The molecule has 0 aliphatic heterocycles. The van der Waals surface area contributed by atoms with Gasteiger partial charge in [-0.1, -0.05) is 64.2 Å². The lowest BCUT2D eigenvalue weighted by atomic mass is 9.27. The van der Waals surface area contributed by atoms with Gasteiger partial charge in [-0.3, -0.25) is 0 Å². The molecule has 296 valence electrons. The highest BCUT2D eigenvalue weighted by Gasteiger charge is 2.80.